The maximum atomic E-state index is 12.5. The Balaban J connectivity index is 1.98. The molecule has 0 radical (unpaired) electrons. The molecular formula is C13H12N4O2S2. The summed E-state index contributed by atoms with van der Waals surface area (Å²) in [5.41, 5.74) is 2.37. The van der Waals surface area contributed by atoms with Gasteiger partial charge in [0.25, 0.3) is 10.0 Å². The van der Waals surface area contributed by atoms with Crippen molar-refractivity contribution in [3.63, 3.8) is 0 Å². The summed E-state index contributed by atoms with van der Waals surface area (Å²) in [6.45, 7) is 0. The normalized spacial score (nSPS) is 11.5. The number of benzene rings is 2. The smallest absolute Gasteiger partial charge is 0.264 e. The molecule has 0 saturated carbocycles. The van der Waals surface area contributed by atoms with Gasteiger partial charge in [0.2, 0.25) is 0 Å². The summed E-state index contributed by atoms with van der Waals surface area (Å²) in [5.74, 6) is 0. The van der Waals surface area contributed by atoms with E-state index in [4.69, 9.17) is 0 Å². The number of nitrogens with zero attached hydrogens (tertiary/aromatic N) is 2. The van der Waals surface area contributed by atoms with E-state index in [0.717, 1.165) is 17.4 Å². The first-order valence-electron chi connectivity index (χ1n) is 6.12. The van der Waals surface area contributed by atoms with Crippen molar-refractivity contribution in [2.75, 3.05) is 17.1 Å². The zero-order valence-corrected chi connectivity index (χ0v) is 12.7. The van der Waals surface area contributed by atoms with E-state index in [9.17, 15) is 8.42 Å². The molecule has 3 rings (SSSR count). The minimum atomic E-state index is -3.70. The van der Waals surface area contributed by atoms with Crippen LogP contribution < -0.4 is 10.0 Å². The number of hydrogen-bond donors (Lipinski definition) is 2. The Morgan fingerprint density at radius 1 is 1.00 bits per heavy atom. The second-order valence-electron chi connectivity index (χ2n) is 4.32. The van der Waals surface area contributed by atoms with Crippen molar-refractivity contribution >= 4 is 44.2 Å². The van der Waals surface area contributed by atoms with E-state index in [1.807, 2.05) is 0 Å². The van der Waals surface area contributed by atoms with Gasteiger partial charge in [-0.2, -0.15) is 8.75 Å². The lowest BCUT2D eigenvalue weighted by Crippen LogP contribution is -2.13. The third kappa shape index (κ3) is 2.67. The molecule has 0 bridgehead atoms. The molecule has 0 aliphatic rings. The summed E-state index contributed by atoms with van der Waals surface area (Å²) in [5, 5.41) is 2.98. The molecule has 2 aromatic carbocycles. The summed E-state index contributed by atoms with van der Waals surface area (Å²) in [4.78, 5) is 0.131. The van der Waals surface area contributed by atoms with E-state index in [1.165, 1.54) is 6.07 Å². The topological polar surface area (TPSA) is 84.0 Å². The van der Waals surface area contributed by atoms with Crippen LogP contribution in [0.4, 0.5) is 11.4 Å². The number of rotatable bonds is 4. The summed E-state index contributed by atoms with van der Waals surface area (Å²) < 4.78 is 35.6. The monoisotopic (exact) mass is 320 g/mol. The second-order valence-corrected chi connectivity index (χ2v) is 6.50. The number of fused-ring (bicyclic) bond motifs is 1. The quantitative estimate of drug-likeness (QED) is 0.772. The van der Waals surface area contributed by atoms with Crippen molar-refractivity contribution in [1.82, 2.24) is 8.75 Å². The van der Waals surface area contributed by atoms with Crippen LogP contribution in [0.5, 0.6) is 0 Å². The second kappa shape index (κ2) is 5.30. The fraction of sp³-hybridized carbons (Fsp3) is 0.0769. The van der Waals surface area contributed by atoms with Crippen LogP contribution in [-0.4, -0.2) is 24.2 Å². The van der Waals surface area contributed by atoms with Gasteiger partial charge >= 0.3 is 0 Å². The lowest BCUT2D eigenvalue weighted by atomic mass is 10.3. The first-order chi connectivity index (χ1) is 10.1. The van der Waals surface area contributed by atoms with Crippen molar-refractivity contribution in [2.24, 2.45) is 0 Å². The Bertz CT molecular complexity index is 873. The van der Waals surface area contributed by atoms with Crippen molar-refractivity contribution in [2.45, 2.75) is 4.90 Å². The maximum Gasteiger partial charge on any atom is 0.264 e. The van der Waals surface area contributed by atoms with E-state index in [2.05, 4.69) is 18.8 Å². The van der Waals surface area contributed by atoms with E-state index in [1.54, 1.807) is 43.4 Å². The van der Waals surface area contributed by atoms with E-state index < -0.39 is 10.0 Å². The maximum absolute atomic E-state index is 12.5. The number of sulfonamides is 1. The predicted octanol–water partition coefficient (Wildman–Crippen LogP) is 2.53. The summed E-state index contributed by atoms with van der Waals surface area (Å²) in [6.07, 6.45) is 0. The van der Waals surface area contributed by atoms with E-state index >= 15 is 0 Å². The molecule has 8 heteroatoms. The van der Waals surface area contributed by atoms with Gasteiger partial charge in [-0.3, -0.25) is 4.72 Å². The van der Waals surface area contributed by atoms with Gasteiger partial charge in [0.1, 0.15) is 15.9 Å². The van der Waals surface area contributed by atoms with Gasteiger partial charge in [-0.1, -0.05) is 6.07 Å². The van der Waals surface area contributed by atoms with Gasteiger partial charge in [-0.15, -0.1) is 0 Å². The molecule has 0 amide bonds. The number of anilines is 2. The van der Waals surface area contributed by atoms with Crippen LogP contribution >= 0.6 is 11.7 Å². The summed E-state index contributed by atoms with van der Waals surface area (Å²) in [6, 6.07) is 11.9. The van der Waals surface area contributed by atoms with E-state index in [-0.39, 0.29) is 4.90 Å². The van der Waals surface area contributed by atoms with Gasteiger partial charge in [0.05, 0.1) is 11.7 Å². The highest BCUT2D eigenvalue weighted by Gasteiger charge is 2.19. The zero-order chi connectivity index (χ0) is 14.9. The summed E-state index contributed by atoms with van der Waals surface area (Å²) >= 11 is 0.994. The fourth-order valence-corrected chi connectivity index (χ4v) is 3.74. The molecule has 1 aromatic heterocycles. The van der Waals surface area contributed by atoms with Crippen LogP contribution in [0.1, 0.15) is 0 Å². The molecule has 1 heterocycles. The van der Waals surface area contributed by atoms with Crippen molar-refractivity contribution < 1.29 is 8.42 Å². The zero-order valence-electron chi connectivity index (χ0n) is 11.1. The number of aromatic nitrogens is 2. The minimum absolute atomic E-state index is 0.131. The third-order valence-corrected chi connectivity index (χ3v) is 4.92. The van der Waals surface area contributed by atoms with Crippen LogP contribution in [0.25, 0.3) is 11.0 Å². The average molecular weight is 320 g/mol. The first-order valence-corrected chi connectivity index (χ1v) is 8.33. The largest absolute Gasteiger partial charge is 0.388 e. The standard InChI is InChI=1S/C13H12N4O2S2/c1-14-9-5-7-10(8-6-9)17-21(18,19)12-4-2-3-11-13(12)16-20-15-11/h2-8,14,17H,1H3. The highest BCUT2D eigenvalue weighted by molar-refractivity contribution is 7.93. The van der Waals surface area contributed by atoms with Crippen molar-refractivity contribution in [1.29, 1.82) is 0 Å². The average Bonchev–Trinajstić information content (AvgIpc) is 2.95. The van der Waals surface area contributed by atoms with E-state index in [0.29, 0.717) is 16.7 Å². The van der Waals surface area contributed by atoms with Crippen LogP contribution in [0, 0.1) is 0 Å². The van der Waals surface area contributed by atoms with Gasteiger partial charge in [-0.25, -0.2) is 8.42 Å². The Morgan fingerprint density at radius 2 is 1.71 bits per heavy atom. The predicted molar refractivity (Wildman–Crippen MR) is 84.2 cm³/mol. The van der Waals surface area contributed by atoms with Crippen LogP contribution in [0.3, 0.4) is 0 Å². The molecule has 0 saturated heterocycles. The van der Waals surface area contributed by atoms with Crippen molar-refractivity contribution in [3.8, 4) is 0 Å². The summed E-state index contributed by atoms with van der Waals surface area (Å²) in [7, 11) is -1.89. The molecule has 0 fully saturated rings. The lowest BCUT2D eigenvalue weighted by molar-refractivity contribution is 0.602. The first kappa shape index (κ1) is 13.8. The number of nitrogens with one attached hydrogen (secondary N) is 2. The van der Waals surface area contributed by atoms with Gasteiger partial charge in [-0.05, 0) is 36.4 Å². The molecule has 6 nitrogen and oxygen atoms in total. The molecule has 0 unspecified atom stereocenters. The molecule has 0 aliphatic carbocycles. The highest BCUT2D eigenvalue weighted by Crippen LogP contribution is 2.24. The molecule has 0 atom stereocenters. The van der Waals surface area contributed by atoms with Gasteiger partial charge in [0, 0.05) is 18.4 Å². The Kier molecular flexibility index (Phi) is 3.48. The Hall–Kier alpha value is -2.19. The molecule has 0 spiro atoms. The molecule has 2 N–H and O–H groups in total. The Morgan fingerprint density at radius 3 is 2.43 bits per heavy atom. The molecule has 3 aromatic rings. The van der Waals surface area contributed by atoms with Crippen molar-refractivity contribution in [3.05, 3.63) is 42.5 Å². The highest BCUT2D eigenvalue weighted by atomic mass is 32.2. The van der Waals surface area contributed by atoms with Crippen LogP contribution in [0.2, 0.25) is 0 Å². The lowest BCUT2D eigenvalue weighted by Gasteiger charge is -2.09. The fourth-order valence-electron chi connectivity index (χ4n) is 1.91. The third-order valence-electron chi connectivity index (χ3n) is 2.96. The van der Waals surface area contributed by atoms with Gasteiger partial charge < -0.3 is 5.32 Å². The van der Waals surface area contributed by atoms with Gasteiger partial charge in [0.15, 0.2) is 0 Å². The minimum Gasteiger partial charge on any atom is -0.388 e. The van der Waals surface area contributed by atoms with Crippen LogP contribution in [-0.2, 0) is 10.0 Å². The molecule has 108 valence electrons. The molecular weight excluding hydrogens is 308 g/mol. The molecule has 0 aliphatic heterocycles. The Labute approximate surface area is 126 Å². The molecule has 21 heavy (non-hydrogen) atoms. The SMILES string of the molecule is CNc1ccc(NS(=O)(=O)c2cccc3nsnc23)cc1. The van der Waals surface area contributed by atoms with Crippen LogP contribution in [0.15, 0.2) is 47.4 Å². The number of hydrogen-bond acceptors (Lipinski definition) is 6.